The van der Waals surface area contributed by atoms with Crippen molar-refractivity contribution in [3.63, 3.8) is 0 Å². The maximum atomic E-state index is 5.81. The average Bonchev–Trinajstić information content (AvgIpc) is 3.02. The predicted octanol–water partition coefficient (Wildman–Crippen LogP) is 1.91. The minimum absolute atomic E-state index is 0.498. The van der Waals surface area contributed by atoms with Gasteiger partial charge in [-0.2, -0.15) is 0 Å². The summed E-state index contributed by atoms with van der Waals surface area (Å²) in [6, 6.07) is 15.4. The van der Waals surface area contributed by atoms with Crippen LogP contribution >= 0.6 is 0 Å². The Balaban J connectivity index is 1.73. The normalized spacial score (nSPS) is 11.0. The summed E-state index contributed by atoms with van der Waals surface area (Å²) in [5.41, 5.74) is 8.39. The smallest absolute Gasteiger partial charge is 0.220 e. The maximum absolute atomic E-state index is 5.81. The summed E-state index contributed by atoms with van der Waals surface area (Å²) in [6.07, 6.45) is 1.77. The van der Waals surface area contributed by atoms with Gasteiger partial charge >= 0.3 is 0 Å². The van der Waals surface area contributed by atoms with Crippen molar-refractivity contribution in [3.05, 3.63) is 60.3 Å². The van der Waals surface area contributed by atoms with E-state index in [-0.39, 0.29) is 0 Å². The molecule has 2 aromatic heterocycles. The molecular formula is C16H13N7. The Kier molecular flexibility index (Phi) is 3.16. The van der Waals surface area contributed by atoms with Crippen LogP contribution in [0, 0.1) is 0 Å². The minimum atomic E-state index is 0.498. The van der Waals surface area contributed by atoms with Gasteiger partial charge in [-0.25, -0.2) is 14.6 Å². The number of anilines is 1. The molecule has 23 heavy (non-hydrogen) atoms. The molecule has 0 spiro atoms. The molecule has 2 heterocycles. The molecule has 7 heteroatoms. The number of aromatic nitrogens is 6. The first-order chi connectivity index (χ1) is 11.3. The van der Waals surface area contributed by atoms with Crippen LogP contribution < -0.4 is 5.73 Å². The standard InChI is InChI=1S/C16H13N7/c17-13-6-3-4-11(8-13)10-23-16(20-21-22-23)15-18-9-12-5-1-2-7-14(12)19-15/h1-9H,10,17H2. The second kappa shape index (κ2) is 5.45. The van der Waals surface area contributed by atoms with Crippen LogP contribution in [-0.4, -0.2) is 30.2 Å². The highest BCUT2D eigenvalue weighted by Crippen LogP contribution is 2.17. The maximum Gasteiger partial charge on any atom is 0.220 e. The number of tetrazole rings is 1. The number of nitrogen functional groups attached to an aromatic ring is 1. The zero-order chi connectivity index (χ0) is 15.6. The number of hydrogen-bond donors (Lipinski definition) is 1. The molecule has 0 amide bonds. The lowest BCUT2D eigenvalue weighted by Crippen LogP contribution is -2.06. The quantitative estimate of drug-likeness (QED) is 0.581. The van der Waals surface area contributed by atoms with Gasteiger partial charge in [-0.3, -0.25) is 0 Å². The molecule has 0 aliphatic rings. The topological polar surface area (TPSA) is 95.4 Å². The van der Waals surface area contributed by atoms with E-state index < -0.39 is 0 Å². The molecule has 0 fully saturated rings. The van der Waals surface area contributed by atoms with Crippen LogP contribution in [0.1, 0.15) is 5.56 Å². The summed E-state index contributed by atoms with van der Waals surface area (Å²) in [5, 5.41) is 12.8. The second-order valence-corrected chi connectivity index (χ2v) is 5.16. The van der Waals surface area contributed by atoms with Crippen LogP contribution in [0.15, 0.2) is 54.7 Å². The first-order valence-corrected chi connectivity index (χ1v) is 7.12. The summed E-state index contributed by atoms with van der Waals surface area (Å²) in [7, 11) is 0. The molecule has 0 unspecified atom stereocenters. The summed E-state index contributed by atoms with van der Waals surface area (Å²) in [5.74, 6) is 1.02. The van der Waals surface area contributed by atoms with E-state index in [1.165, 1.54) is 0 Å². The fourth-order valence-corrected chi connectivity index (χ4v) is 2.42. The van der Waals surface area contributed by atoms with E-state index in [0.717, 1.165) is 16.5 Å². The summed E-state index contributed by atoms with van der Waals surface area (Å²) < 4.78 is 1.67. The van der Waals surface area contributed by atoms with E-state index in [1.807, 2.05) is 48.5 Å². The third-order valence-electron chi connectivity index (χ3n) is 3.50. The minimum Gasteiger partial charge on any atom is -0.399 e. The van der Waals surface area contributed by atoms with Gasteiger partial charge in [0.25, 0.3) is 0 Å². The fourth-order valence-electron chi connectivity index (χ4n) is 2.42. The third kappa shape index (κ3) is 2.59. The molecule has 4 rings (SSSR count). The van der Waals surface area contributed by atoms with Crippen molar-refractivity contribution >= 4 is 16.6 Å². The molecular weight excluding hydrogens is 290 g/mol. The SMILES string of the molecule is Nc1cccc(Cn2nnnc2-c2ncc3ccccc3n2)c1. The van der Waals surface area contributed by atoms with Gasteiger partial charge in [0.15, 0.2) is 5.82 Å². The number of nitrogens with two attached hydrogens (primary N) is 1. The van der Waals surface area contributed by atoms with Crippen LogP contribution in [0.25, 0.3) is 22.6 Å². The zero-order valence-corrected chi connectivity index (χ0v) is 12.2. The Hall–Kier alpha value is -3.35. The van der Waals surface area contributed by atoms with E-state index in [1.54, 1.807) is 10.9 Å². The molecule has 0 aliphatic carbocycles. The van der Waals surface area contributed by atoms with E-state index in [2.05, 4.69) is 25.5 Å². The lowest BCUT2D eigenvalue weighted by Gasteiger charge is -2.05. The summed E-state index contributed by atoms with van der Waals surface area (Å²) in [4.78, 5) is 8.91. The first kappa shape index (κ1) is 13.3. The van der Waals surface area contributed by atoms with Gasteiger partial charge in [0.1, 0.15) is 0 Å². The summed E-state index contributed by atoms with van der Waals surface area (Å²) in [6.45, 7) is 0.504. The second-order valence-electron chi connectivity index (χ2n) is 5.16. The number of benzene rings is 2. The van der Waals surface area contributed by atoms with Crippen molar-refractivity contribution in [2.75, 3.05) is 5.73 Å². The average molecular weight is 303 g/mol. The van der Waals surface area contributed by atoms with Gasteiger partial charge < -0.3 is 5.73 Å². The van der Waals surface area contributed by atoms with Gasteiger partial charge in [-0.1, -0.05) is 30.3 Å². The molecule has 0 bridgehead atoms. The van der Waals surface area contributed by atoms with E-state index in [9.17, 15) is 0 Å². The lowest BCUT2D eigenvalue weighted by atomic mass is 10.2. The number of hydrogen-bond acceptors (Lipinski definition) is 6. The van der Waals surface area contributed by atoms with E-state index >= 15 is 0 Å². The van der Waals surface area contributed by atoms with Gasteiger partial charge in [0.05, 0.1) is 12.1 Å². The molecule has 0 saturated carbocycles. The Bertz CT molecular complexity index is 977. The number of fused-ring (bicyclic) bond motifs is 1. The van der Waals surface area contributed by atoms with Gasteiger partial charge in [0.2, 0.25) is 5.82 Å². The molecule has 0 aliphatic heterocycles. The van der Waals surface area contributed by atoms with Crippen LogP contribution in [0.3, 0.4) is 0 Å². The fraction of sp³-hybridized carbons (Fsp3) is 0.0625. The highest BCUT2D eigenvalue weighted by atomic mass is 15.5. The van der Waals surface area contributed by atoms with Crippen LogP contribution in [0.5, 0.6) is 0 Å². The monoisotopic (exact) mass is 303 g/mol. The van der Waals surface area contributed by atoms with Crippen molar-refractivity contribution in [2.24, 2.45) is 0 Å². The van der Waals surface area contributed by atoms with Gasteiger partial charge in [0, 0.05) is 17.3 Å². The van der Waals surface area contributed by atoms with Crippen molar-refractivity contribution in [1.29, 1.82) is 0 Å². The third-order valence-corrected chi connectivity index (χ3v) is 3.50. The van der Waals surface area contributed by atoms with Crippen LogP contribution in [0.2, 0.25) is 0 Å². The van der Waals surface area contributed by atoms with Gasteiger partial charge in [-0.05, 0) is 34.2 Å². The lowest BCUT2D eigenvalue weighted by molar-refractivity contribution is 0.651. The molecule has 112 valence electrons. The Morgan fingerprint density at radius 3 is 2.87 bits per heavy atom. The predicted molar refractivity (Wildman–Crippen MR) is 86.3 cm³/mol. The Morgan fingerprint density at radius 1 is 1.04 bits per heavy atom. The van der Waals surface area contributed by atoms with Crippen LogP contribution in [0.4, 0.5) is 5.69 Å². The molecule has 2 N–H and O–H groups in total. The van der Waals surface area contributed by atoms with Crippen molar-refractivity contribution in [1.82, 2.24) is 30.2 Å². The van der Waals surface area contributed by atoms with Crippen molar-refractivity contribution in [2.45, 2.75) is 6.54 Å². The van der Waals surface area contributed by atoms with Crippen molar-refractivity contribution < 1.29 is 0 Å². The van der Waals surface area contributed by atoms with E-state index in [4.69, 9.17) is 5.73 Å². The number of para-hydroxylation sites is 1. The van der Waals surface area contributed by atoms with Crippen LogP contribution in [-0.2, 0) is 6.54 Å². The highest BCUT2D eigenvalue weighted by molar-refractivity contribution is 5.78. The van der Waals surface area contributed by atoms with Crippen molar-refractivity contribution in [3.8, 4) is 11.6 Å². The van der Waals surface area contributed by atoms with Gasteiger partial charge in [-0.15, -0.1) is 5.10 Å². The molecule has 2 aromatic carbocycles. The summed E-state index contributed by atoms with van der Waals surface area (Å²) >= 11 is 0. The highest BCUT2D eigenvalue weighted by Gasteiger charge is 2.13. The Morgan fingerprint density at radius 2 is 1.96 bits per heavy atom. The molecule has 4 aromatic rings. The Labute approximate surface area is 131 Å². The van der Waals surface area contributed by atoms with E-state index in [0.29, 0.717) is 23.9 Å². The first-order valence-electron chi connectivity index (χ1n) is 7.12. The molecule has 0 atom stereocenters. The molecule has 7 nitrogen and oxygen atoms in total. The largest absolute Gasteiger partial charge is 0.399 e. The number of rotatable bonds is 3. The molecule has 0 radical (unpaired) electrons. The number of nitrogens with zero attached hydrogens (tertiary/aromatic N) is 6. The zero-order valence-electron chi connectivity index (χ0n) is 12.2. The molecule has 0 saturated heterocycles.